The minimum absolute atomic E-state index is 0.585. The zero-order chi connectivity index (χ0) is 12.7. The van der Waals surface area contributed by atoms with Gasteiger partial charge in [0.2, 0.25) is 0 Å². The van der Waals surface area contributed by atoms with Gasteiger partial charge in [0.25, 0.3) is 0 Å². The van der Waals surface area contributed by atoms with E-state index < -0.39 is 0 Å². The molecule has 98 valence electrons. The second-order valence-corrected chi connectivity index (χ2v) is 5.80. The Morgan fingerprint density at radius 2 is 2.17 bits per heavy atom. The van der Waals surface area contributed by atoms with Gasteiger partial charge in [-0.05, 0) is 17.5 Å². The first-order chi connectivity index (χ1) is 8.68. The summed E-state index contributed by atoms with van der Waals surface area (Å²) >= 11 is 0. The summed E-state index contributed by atoms with van der Waals surface area (Å²) in [5.74, 6) is 0.585. The van der Waals surface area contributed by atoms with Crippen LogP contribution in [0.25, 0.3) is 0 Å². The van der Waals surface area contributed by atoms with E-state index in [1.807, 2.05) is 0 Å². The number of fused-ring (bicyclic) bond motifs is 3. The Kier molecular flexibility index (Phi) is 2.94. The standard InChI is InChI=1S/C15H23N3/c1-11(2)13-5-4-6-14-15(13)17(3)10-12-9-16-7-8-18(12)14/h4-6,11-12,16H,7-10H2,1-3H3. The lowest BCUT2D eigenvalue weighted by atomic mass is 9.95. The third-order valence-electron chi connectivity index (χ3n) is 4.19. The molecule has 0 saturated carbocycles. The van der Waals surface area contributed by atoms with E-state index in [1.54, 1.807) is 0 Å². The monoisotopic (exact) mass is 245 g/mol. The maximum absolute atomic E-state index is 3.50. The highest BCUT2D eigenvalue weighted by Crippen LogP contribution is 2.40. The van der Waals surface area contributed by atoms with Gasteiger partial charge < -0.3 is 15.1 Å². The van der Waals surface area contributed by atoms with Gasteiger partial charge in [-0.3, -0.25) is 0 Å². The van der Waals surface area contributed by atoms with Gasteiger partial charge in [0.05, 0.1) is 17.4 Å². The van der Waals surface area contributed by atoms with E-state index in [-0.39, 0.29) is 0 Å². The van der Waals surface area contributed by atoms with E-state index in [9.17, 15) is 0 Å². The molecule has 1 fully saturated rings. The molecule has 3 rings (SSSR count). The first-order valence-electron chi connectivity index (χ1n) is 7.00. The van der Waals surface area contributed by atoms with E-state index >= 15 is 0 Å². The Morgan fingerprint density at radius 3 is 2.94 bits per heavy atom. The van der Waals surface area contributed by atoms with Crippen LogP contribution in [-0.2, 0) is 0 Å². The summed E-state index contributed by atoms with van der Waals surface area (Å²) < 4.78 is 0. The van der Waals surface area contributed by atoms with E-state index in [2.05, 4.69) is 54.2 Å². The molecule has 0 bridgehead atoms. The van der Waals surface area contributed by atoms with Crippen LogP contribution in [0.1, 0.15) is 25.3 Å². The van der Waals surface area contributed by atoms with E-state index in [4.69, 9.17) is 0 Å². The largest absolute Gasteiger partial charge is 0.371 e. The molecule has 2 aliphatic heterocycles. The van der Waals surface area contributed by atoms with Crippen LogP contribution in [0.5, 0.6) is 0 Å². The first kappa shape index (κ1) is 11.8. The number of anilines is 2. The van der Waals surface area contributed by atoms with Crippen LogP contribution < -0.4 is 15.1 Å². The minimum atomic E-state index is 0.585. The molecule has 3 heteroatoms. The van der Waals surface area contributed by atoms with Crippen molar-refractivity contribution in [3.63, 3.8) is 0 Å². The summed E-state index contributed by atoms with van der Waals surface area (Å²) in [4.78, 5) is 5.04. The highest BCUT2D eigenvalue weighted by molar-refractivity contribution is 5.78. The fourth-order valence-corrected chi connectivity index (χ4v) is 3.31. The average Bonchev–Trinajstić information content (AvgIpc) is 2.38. The molecule has 0 amide bonds. The third-order valence-corrected chi connectivity index (χ3v) is 4.19. The molecule has 1 N–H and O–H groups in total. The lowest BCUT2D eigenvalue weighted by molar-refractivity contribution is 0.465. The molecule has 0 spiro atoms. The topological polar surface area (TPSA) is 18.5 Å². The Hall–Kier alpha value is -1.22. The molecule has 1 atom stereocenters. The van der Waals surface area contributed by atoms with Crippen molar-refractivity contribution in [2.75, 3.05) is 43.0 Å². The highest BCUT2D eigenvalue weighted by atomic mass is 15.3. The van der Waals surface area contributed by atoms with Gasteiger partial charge in [-0.1, -0.05) is 26.0 Å². The Morgan fingerprint density at radius 1 is 1.33 bits per heavy atom. The maximum atomic E-state index is 3.50. The van der Waals surface area contributed by atoms with Crippen LogP contribution >= 0.6 is 0 Å². The molecular weight excluding hydrogens is 222 g/mol. The fraction of sp³-hybridized carbons (Fsp3) is 0.600. The highest BCUT2D eigenvalue weighted by Gasteiger charge is 2.32. The van der Waals surface area contributed by atoms with Crippen molar-refractivity contribution in [2.45, 2.75) is 25.8 Å². The summed E-state index contributed by atoms with van der Waals surface area (Å²) in [6.45, 7) is 9.04. The predicted octanol–water partition coefficient (Wildman–Crippen LogP) is 2.04. The second-order valence-electron chi connectivity index (χ2n) is 5.80. The predicted molar refractivity (Wildman–Crippen MR) is 77.8 cm³/mol. The SMILES string of the molecule is CC(C)c1cccc2c1N(C)CC1CNCCN21. The molecule has 1 saturated heterocycles. The van der Waals surface area contributed by atoms with Crippen LogP contribution in [0.2, 0.25) is 0 Å². The van der Waals surface area contributed by atoms with Crippen LogP contribution in [0.3, 0.4) is 0 Å². The molecule has 0 aromatic heterocycles. The molecular formula is C15H23N3. The minimum Gasteiger partial charge on any atom is -0.371 e. The van der Waals surface area contributed by atoms with E-state index in [0.717, 1.165) is 26.2 Å². The molecule has 2 heterocycles. The maximum Gasteiger partial charge on any atom is 0.0637 e. The quantitative estimate of drug-likeness (QED) is 0.817. The lowest BCUT2D eigenvalue weighted by Gasteiger charge is -2.47. The summed E-state index contributed by atoms with van der Waals surface area (Å²) in [5.41, 5.74) is 4.36. The molecule has 2 aliphatic rings. The smallest absolute Gasteiger partial charge is 0.0637 e. The summed E-state index contributed by atoms with van der Waals surface area (Å²) in [6.07, 6.45) is 0. The van der Waals surface area contributed by atoms with Crippen molar-refractivity contribution in [1.29, 1.82) is 0 Å². The van der Waals surface area contributed by atoms with E-state index in [0.29, 0.717) is 12.0 Å². The van der Waals surface area contributed by atoms with Crippen LogP contribution in [-0.4, -0.2) is 39.3 Å². The summed E-state index contributed by atoms with van der Waals surface area (Å²) in [5, 5.41) is 3.50. The van der Waals surface area contributed by atoms with Crippen molar-refractivity contribution in [3.8, 4) is 0 Å². The van der Waals surface area contributed by atoms with Gasteiger partial charge in [0.15, 0.2) is 0 Å². The zero-order valence-electron chi connectivity index (χ0n) is 11.6. The third kappa shape index (κ3) is 1.77. The van der Waals surface area contributed by atoms with Gasteiger partial charge in [-0.2, -0.15) is 0 Å². The summed E-state index contributed by atoms with van der Waals surface area (Å²) in [7, 11) is 2.23. The number of hydrogen-bond donors (Lipinski definition) is 1. The van der Waals surface area contributed by atoms with Crippen molar-refractivity contribution < 1.29 is 0 Å². The Balaban J connectivity index is 2.08. The lowest BCUT2D eigenvalue weighted by Crippen LogP contribution is -2.58. The zero-order valence-corrected chi connectivity index (χ0v) is 11.6. The van der Waals surface area contributed by atoms with Crippen LogP contribution in [0, 0.1) is 0 Å². The van der Waals surface area contributed by atoms with Crippen LogP contribution in [0.4, 0.5) is 11.4 Å². The van der Waals surface area contributed by atoms with Crippen LogP contribution in [0.15, 0.2) is 18.2 Å². The fourth-order valence-electron chi connectivity index (χ4n) is 3.31. The Bertz CT molecular complexity index is 441. The number of likely N-dealkylation sites (N-methyl/N-ethyl adjacent to an activating group) is 1. The van der Waals surface area contributed by atoms with Crippen molar-refractivity contribution in [1.82, 2.24) is 5.32 Å². The Labute approximate surface area is 110 Å². The number of rotatable bonds is 1. The van der Waals surface area contributed by atoms with Crippen molar-refractivity contribution >= 4 is 11.4 Å². The van der Waals surface area contributed by atoms with Gasteiger partial charge in [0, 0.05) is 33.2 Å². The molecule has 1 unspecified atom stereocenters. The average molecular weight is 245 g/mol. The molecule has 3 nitrogen and oxygen atoms in total. The molecule has 0 radical (unpaired) electrons. The van der Waals surface area contributed by atoms with Crippen molar-refractivity contribution in [2.24, 2.45) is 0 Å². The van der Waals surface area contributed by atoms with Gasteiger partial charge in [-0.15, -0.1) is 0 Å². The number of nitrogens with zero attached hydrogens (tertiary/aromatic N) is 2. The number of piperazine rings is 1. The molecule has 1 aromatic rings. The number of para-hydroxylation sites is 1. The van der Waals surface area contributed by atoms with Gasteiger partial charge >= 0.3 is 0 Å². The summed E-state index contributed by atoms with van der Waals surface area (Å²) in [6, 6.07) is 7.41. The van der Waals surface area contributed by atoms with E-state index in [1.165, 1.54) is 16.9 Å². The second kappa shape index (κ2) is 4.47. The first-order valence-corrected chi connectivity index (χ1v) is 7.00. The molecule has 18 heavy (non-hydrogen) atoms. The molecule has 1 aromatic carbocycles. The number of benzene rings is 1. The van der Waals surface area contributed by atoms with Crippen molar-refractivity contribution in [3.05, 3.63) is 23.8 Å². The molecule has 0 aliphatic carbocycles. The van der Waals surface area contributed by atoms with Gasteiger partial charge in [0.1, 0.15) is 0 Å². The van der Waals surface area contributed by atoms with Gasteiger partial charge in [-0.25, -0.2) is 0 Å². The number of hydrogen-bond acceptors (Lipinski definition) is 3. The normalized spacial score (nSPS) is 23.0. The number of nitrogens with one attached hydrogen (secondary N) is 1.